The maximum absolute atomic E-state index is 6.51. The largest absolute Gasteiger partial charge is 0.452 e. The third kappa shape index (κ3) is 4.33. The van der Waals surface area contributed by atoms with E-state index < -0.39 is 0 Å². The standard InChI is InChI=1S/C47H29N3O2/c1-4-12-30(13-5-1)47-48-40-26-25-39-44-36-23-21-34(28-31(36)20-27-43(44)51-45(39)46(40)52-47)49(32-14-6-2-7-15-32)35-22-24-38-37-18-10-11-19-41(37)50(42(38)29-35)33-16-8-3-9-17-33/h1-29H. The molecule has 11 aromatic rings. The molecule has 244 valence electrons. The van der Waals surface area contributed by atoms with Gasteiger partial charge in [0.15, 0.2) is 11.2 Å². The van der Waals surface area contributed by atoms with Crippen LogP contribution in [-0.4, -0.2) is 9.55 Å². The highest BCUT2D eigenvalue weighted by Crippen LogP contribution is 2.43. The van der Waals surface area contributed by atoms with Crippen LogP contribution in [0.15, 0.2) is 185 Å². The summed E-state index contributed by atoms with van der Waals surface area (Å²) in [5.74, 6) is 0.585. The Bertz CT molecular complexity index is 3120. The summed E-state index contributed by atoms with van der Waals surface area (Å²) in [6.45, 7) is 0. The molecule has 0 atom stereocenters. The highest BCUT2D eigenvalue weighted by Gasteiger charge is 2.20. The number of fused-ring (bicyclic) bond motifs is 10. The number of nitrogens with zero attached hydrogens (tertiary/aromatic N) is 3. The summed E-state index contributed by atoms with van der Waals surface area (Å²) in [6, 6.07) is 61.7. The third-order valence-electron chi connectivity index (χ3n) is 10.2. The van der Waals surface area contributed by atoms with Gasteiger partial charge in [-0.1, -0.05) is 91.0 Å². The van der Waals surface area contributed by atoms with Crippen LogP contribution in [0, 0.1) is 0 Å². The van der Waals surface area contributed by atoms with Gasteiger partial charge in [0.05, 0.1) is 11.0 Å². The van der Waals surface area contributed by atoms with Crippen molar-refractivity contribution in [3.63, 3.8) is 0 Å². The number of benzene rings is 8. The van der Waals surface area contributed by atoms with Crippen LogP contribution in [0.4, 0.5) is 17.1 Å². The van der Waals surface area contributed by atoms with Gasteiger partial charge in [-0.05, 0) is 95.7 Å². The fourth-order valence-electron chi connectivity index (χ4n) is 7.86. The first-order valence-electron chi connectivity index (χ1n) is 17.5. The first-order valence-corrected chi connectivity index (χ1v) is 17.5. The number of hydrogen-bond acceptors (Lipinski definition) is 4. The Kier molecular flexibility index (Phi) is 6.18. The molecule has 0 fully saturated rings. The van der Waals surface area contributed by atoms with Crippen molar-refractivity contribution in [2.24, 2.45) is 0 Å². The molecule has 8 aromatic carbocycles. The van der Waals surface area contributed by atoms with E-state index in [0.717, 1.165) is 66.5 Å². The maximum Gasteiger partial charge on any atom is 0.227 e. The predicted molar refractivity (Wildman–Crippen MR) is 213 cm³/mol. The van der Waals surface area contributed by atoms with Crippen LogP contribution in [0.3, 0.4) is 0 Å². The zero-order valence-electron chi connectivity index (χ0n) is 27.9. The molecule has 3 heterocycles. The number of anilines is 3. The lowest BCUT2D eigenvalue weighted by Gasteiger charge is -2.26. The summed E-state index contributed by atoms with van der Waals surface area (Å²) in [7, 11) is 0. The number of para-hydroxylation sites is 3. The third-order valence-corrected chi connectivity index (χ3v) is 10.2. The van der Waals surface area contributed by atoms with Crippen molar-refractivity contribution in [1.29, 1.82) is 0 Å². The van der Waals surface area contributed by atoms with Crippen molar-refractivity contribution < 1.29 is 8.83 Å². The lowest BCUT2D eigenvalue weighted by atomic mass is 10.0. The summed E-state index contributed by atoms with van der Waals surface area (Å²) in [6.07, 6.45) is 0. The Morgan fingerprint density at radius 3 is 1.96 bits per heavy atom. The number of rotatable bonds is 5. The average Bonchev–Trinajstić information content (AvgIpc) is 3.91. The molecule has 0 amide bonds. The molecule has 0 saturated carbocycles. The minimum Gasteiger partial charge on any atom is -0.452 e. The van der Waals surface area contributed by atoms with Crippen molar-refractivity contribution >= 4 is 82.7 Å². The lowest BCUT2D eigenvalue weighted by Crippen LogP contribution is -2.10. The monoisotopic (exact) mass is 667 g/mol. The van der Waals surface area contributed by atoms with Gasteiger partial charge in [0.2, 0.25) is 5.89 Å². The fraction of sp³-hybridized carbons (Fsp3) is 0. The molecule has 0 radical (unpaired) electrons. The van der Waals surface area contributed by atoms with Crippen molar-refractivity contribution in [2.75, 3.05) is 4.90 Å². The predicted octanol–water partition coefficient (Wildman–Crippen LogP) is 13.1. The molecule has 0 N–H and O–H groups in total. The Morgan fingerprint density at radius 2 is 1.13 bits per heavy atom. The van der Waals surface area contributed by atoms with E-state index in [2.05, 4.69) is 149 Å². The smallest absolute Gasteiger partial charge is 0.227 e. The Morgan fingerprint density at radius 1 is 0.462 bits per heavy atom. The summed E-state index contributed by atoms with van der Waals surface area (Å²) in [4.78, 5) is 7.11. The lowest BCUT2D eigenvalue weighted by molar-refractivity contribution is 0.603. The summed E-state index contributed by atoms with van der Waals surface area (Å²) < 4.78 is 15.2. The molecule has 3 aromatic heterocycles. The van der Waals surface area contributed by atoms with Crippen LogP contribution in [0.1, 0.15) is 0 Å². The molecule has 11 rings (SSSR count). The van der Waals surface area contributed by atoms with Gasteiger partial charge in [-0.25, -0.2) is 4.98 Å². The van der Waals surface area contributed by atoms with E-state index in [-0.39, 0.29) is 0 Å². The maximum atomic E-state index is 6.51. The molecule has 0 aliphatic carbocycles. The van der Waals surface area contributed by atoms with Gasteiger partial charge in [0, 0.05) is 49.9 Å². The van der Waals surface area contributed by atoms with Crippen molar-refractivity contribution in [1.82, 2.24) is 9.55 Å². The second-order valence-corrected chi connectivity index (χ2v) is 13.2. The Labute approximate surface area is 298 Å². The Hall–Kier alpha value is -7.11. The molecule has 0 unspecified atom stereocenters. The van der Waals surface area contributed by atoms with E-state index in [4.69, 9.17) is 13.8 Å². The van der Waals surface area contributed by atoms with Gasteiger partial charge in [-0.15, -0.1) is 0 Å². The second kappa shape index (κ2) is 11.2. The van der Waals surface area contributed by atoms with Gasteiger partial charge in [-0.3, -0.25) is 0 Å². The van der Waals surface area contributed by atoms with Crippen LogP contribution >= 0.6 is 0 Å². The number of hydrogen-bond donors (Lipinski definition) is 0. The van der Waals surface area contributed by atoms with E-state index in [0.29, 0.717) is 17.1 Å². The first kappa shape index (κ1) is 28.7. The van der Waals surface area contributed by atoms with E-state index >= 15 is 0 Å². The van der Waals surface area contributed by atoms with E-state index in [1.54, 1.807) is 0 Å². The van der Waals surface area contributed by atoms with Gasteiger partial charge in [0.1, 0.15) is 11.1 Å². The fourth-order valence-corrected chi connectivity index (χ4v) is 7.86. The quantitative estimate of drug-likeness (QED) is 0.183. The van der Waals surface area contributed by atoms with Crippen LogP contribution in [0.5, 0.6) is 0 Å². The van der Waals surface area contributed by atoms with E-state index in [1.807, 2.05) is 36.4 Å². The molecular weight excluding hydrogens is 639 g/mol. The summed E-state index contributed by atoms with van der Waals surface area (Å²) in [5.41, 5.74) is 10.6. The molecule has 0 aliphatic rings. The van der Waals surface area contributed by atoms with Crippen LogP contribution in [-0.2, 0) is 0 Å². The molecule has 0 bridgehead atoms. The van der Waals surface area contributed by atoms with E-state index in [9.17, 15) is 0 Å². The van der Waals surface area contributed by atoms with Crippen LogP contribution < -0.4 is 4.90 Å². The topological polar surface area (TPSA) is 47.3 Å². The summed E-state index contributed by atoms with van der Waals surface area (Å²) in [5, 5.41) is 6.78. The van der Waals surface area contributed by atoms with Crippen LogP contribution in [0.2, 0.25) is 0 Å². The van der Waals surface area contributed by atoms with Crippen molar-refractivity contribution in [3.05, 3.63) is 176 Å². The highest BCUT2D eigenvalue weighted by atomic mass is 16.4. The van der Waals surface area contributed by atoms with Gasteiger partial charge in [-0.2, -0.15) is 0 Å². The van der Waals surface area contributed by atoms with Gasteiger partial charge in [0.25, 0.3) is 0 Å². The normalized spacial score (nSPS) is 11.8. The average molecular weight is 668 g/mol. The van der Waals surface area contributed by atoms with Gasteiger partial charge < -0.3 is 18.3 Å². The minimum absolute atomic E-state index is 0.585. The Balaban J connectivity index is 1.09. The molecule has 0 aliphatic heterocycles. The number of oxazole rings is 1. The molecule has 0 spiro atoms. The first-order chi connectivity index (χ1) is 25.8. The van der Waals surface area contributed by atoms with E-state index in [1.165, 1.54) is 16.3 Å². The second-order valence-electron chi connectivity index (χ2n) is 13.2. The SMILES string of the molecule is c1ccc(-c2nc3ccc4c(oc5ccc6cc(N(c7ccccc7)c7ccc8c9ccccc9n(-c9ccccc9)c8c7)ccc6c54)c3o2)cc1. The zero-order valence-corrected chi connectivity index (χ0v) is 27.9. The molecule has 5 heteroatoms. The van der Waals surface area contributed by atoms with Crippen molar-refractivity contribution in [2.45, 2.75) is 0 Å². The molecular formula is C47H29N3O2. The van der Waals surface area contributed by atoms with Crippen LogP contribution in [0.25, 0.3) is 82.8 Å². The minimum atomic E-state index is 0.585. The molecule has 0 saturated heterocycles. The summed E-state index contributed by atoms with van der Waals surface area (Å²) >= 11 is 0. The molecule has 5 nitrogen and oxygen atoms in total. The number of aromatic nitrogens is 2. The van der Waals surface area contributed by atoms with Gasteiger partial charge >= 0.3 is 0 Å². The number of furan rings is 1. The zero-order chi connectivity index (χ0) is 34.2. The highest BCUT2D eigenvalue weighted by molar-refractivity contribution is 6.22. The van der Waals surface area contributed by atoms with Crippen molar-refractivity contribution in [3.8, 4) is 17.1 Å². The molecule has 52 heavy (non-hydrogen) atoms.